The number of aryl methyl sites for hydroxylation is 2. The number of rotatable bonds is 8. The summed E-state index contributed by atoms with van der Waals surface area (Å²) in [5.41, 5.74) is 7.51. The van der Waals surface area contributed by atoms with Crippen LogP contribution >= 0.6 is 34.7 Å². The second kappa shape index (κ2) is 10.5. The maximum Gasteiger partial charge on any atom is 0.319 e. The number of halogens is 1. The number of benzene rings is 2. The number of carbonyl (C=O) groups excluding carboxylic acids is 2. The Balaban J connectivity index is 1.59. The lowest BCUT2D eigenvalue weighted by atomic mass is 10.1. The van der Waals surface area contributed by atoms with Gasteiger partial charge in [0.25, 0.3) is 5.91 Å². The number of hydrogen-bond donors (Lipinski definition) is 3. The summed E-state index contributed by atoms with van der Waals surface area (Å²) >= 11 is 9.03. The average molecular weight is 461 g/mol. The van der Waals surface area contributed by atoms with Crippen molar-refractivity contribution in [2.45, 2.75) is 24.3 Å². The Bertz CT molecular complexity index is 1040. The van der Waals surface area contributed by atoms with Crippen molar-refractivity contribution in [2.24, 2.45) is 5.73 Å². The number of nitrogens with two attached hydrogens (primary N) is 1. The van der Waals surface area contributed by atoms with E-state index in [4.69, 9.17) is 17.3 Å². The van der Waals surface area contributed by atoms with E-state index in [0.717, 1.165) is 15.3 Å². The van der Waals surface area contributed by atoms with E-state index in [-0.39, 0.29) is 18.3 Å². The van der Waals surface area contributed by atoms with Gasteiger partial charge in [-0.15, -0.1) is 23.1 Å². The zero-order valence-electron chi connectivity index (χ0n) is 16.3. The normalized spacial score (nSPS) is 10.6. The van der Waals surface area contributed by atoms with Crippen molar-refractivity contribution in [3.63, 3.8) is 0 Å². The van der Waals surface area contributed by atoms with Gasteiger partial charge < -0.3 is 16.4 Å². The number of nitrogens with one attached hydrogen (secondary N) is 2. The second-order valence-corrected chi connectivity index (χ2v) is 8.89. The molecule has 0 fully saturated rings. The molecular formula is C21H21ClN4O2S2. The number of thioether (sulfide) groups is 1. The van der Waals surface area contributed by atoms with Gasteiger partial charge in [0.2, 0.25) is 0 Å². The topological polar surface area (TPSA) is 97.1 Å². The molecule has 0 aliphatic rings. The summed E-state index contributed by atoms with van der Waals surface area (Å²) in [7, 11) is 0. The molecule has 0 spiro atoms. The summed E-state index contributed by atoms with van der Waals surface area (Å²) in [4.78, 5) is 30.2. The molecule has 3 aromatic rings. The van der Waals surface area contributed by atoms with Crippen LogP contribution in [0.2, 0.25) is 5.02 Å². The van der Waals surface area contributed by atoms with Gasteiger partial charge in [0.05, 0.1) is 6.54 Å². The Morgan fingerprint density at radius 2 is 1.93 bits per heavy atom. The van der Waals surface area contributed by atoms with E-state index in [0.29, 0.717) is 28.6 Å². The molecule has 0 aliphatic heterocycles. The van der Waals surface area contributed by atoms with Crippen LogP contribution in [0.15, 0.2) is 53.4 Å². The van der Waals surface area contributed by atoms with Gasteiger partial charge in [-0.1, -0.05) is 23.7 Å². The molecule has 9 heteroatoms. The number of nitrogens with zero attached hydrogens (tertiary/aromatic N) is 1. The maximum atomic E-state index is 12.2. The van der Waals surface area contributed by atoms with Crippen molar-refractivity contribution >= 4 is 52.3 Å². The zero-order valence-corrected chi connectivity index (χ0v) is 18.7. The van der Waals surface area contributed by atoms with E-state index in [2.05, 4.69) is 15.6 Å². The number of primary amides is 1. The van der Waals surface area contributed by atoms with E-state index in [1.165, 1.54) is 11.3 Å². The maximum absolute atomic E-state index is 12.2. The average Bonchev–Trinajstić information content (AvgIpc) is 3.15. The Labute approximate surface area is 188 Å². The van der Waals surface area contributed by atoms with Crippen LogP contribution < -0.4 is 16.4 Å². The summed E-state index contributed by atoms with van der Waals surface area (Å²) in [5.74, 6) is -0.572. The van der Waals surface area contributed by atoms with Gasteiger partial charge in [0, 0.05) is 20.5 Å². The van der Waals surface area contributed by atoms with Gasteiger partial charge in [0.15, 0.2) is 0 Å². The molecule has 0 saturated heterocycles. The van der Waals surface area contributed by atoms with Crippen molar-refractivity contribution in [3.05, 3.63) is 74.7 Å². The van der Waals surface area contributed by atoms with Gasteiger partial charge >= 0.3 is 6.03 Å². The SMILES string of the molecule is CSc1ccc(NC(=O)NCc2nc(C(N)=O)c(CCc3cccc(Cl)c3)s2)cc1. The fourth-order valence-electron chi connectivity index (χ4n) is 2.79. The number of hydrogen-bond acceptors (Lipinski definition) is 5. The summed E-state index contributed by atoms with van der Waals surface area (Å²) in [6.45, 7) is 0.205. The summed E-state index contributed by atoms with van der Waals surface area (Å²) in [5, 5.41) is 6.83. The largest absolute Gasteiger partial charge is 0.364 e. The lowest BCUT2D eigenvalue weighted by Crippen LogP contribution is -2.28. The van der Waals surface area contributed by atoms with Crippen molar-refractivity contribution in [1.29, 1.82) is 0 Å². The van der Waals surface area contributed by atoms with E-state index in [9.17, 15) is 9.59 Å². The highest BCUT2D eigenvalue weighted by Gasteiger charge is 2.16. The Morgan fingerprint density at radius 1 is 1.17 bits per heavy atom. The molecule has 1 heterocycles. The molecule has 3 amide bonds. The Kier molecular flexibility index (Phi) is 7.73. The second-order valence-electron chi connectivity index (χ2n) is 6.41. The zero-order chi connectivity index (χ0) is 21.5. The molecule has 0 unspecified atom stereocenters. The first kappa shape index (κ1) is 22.1. The minimum atomic E-state index is -0.572. The lowest BCUT2D eigenvalue weighted by molar-refractivity contribution is 0.0995. The van der Waals surface area contributed by atoms with Crippen LogP contribution in [0, 0.1) is 0 Å². The third kappa shape index (κ3) is 6.22. The first-order valence-corrected chi connectivity index (χ1v) is 11.6. The van der Waals surface area contributed by atoms with Crippen molar-refractivity contribution < 1.29 is 9.59 Å². The fraction of sp³-hybridized carbons (Fsp3) is 0.190. The van der Waals surface area contributed by atoms with Crippen molar-refractivity contribution in [3.8, 4) is 0 Å². The Morgan fingerprint density at radius 3 is 2.60 bits per heavy atom. The minimum absolute atomic E-state index is 0.205. The molecular weight excluding hydrogens is 440 g/mol. The quantitative estimate of drug-likeness (QED) is 0.423. The van der Waals surface area contributed by atoms with Crippen molar-refractivity contribution in [2.75, 3.05) is 11.6 Å². The predicted molar refractivity (Wildman–Crippen MR) is 124 cm³/mol. The van der Waals surface area contributed by atoms with Crippen LogP contribution in [0.25, 0.3) is 0 Å². The van der Waals surface area contributed by atoms with Gasteiger partial charge in [-0.05, 0) is 61.1 Å². The van der Waals surface area contributed by atoms with Crippen molar-refractivity contribution in [1.82, 2.24) is 10.3 Å². The number of urea groups is 1. The van der Waals surface area contributed by atoms with Crippen LogP contribution in [0.5, 0.6) is 0 Å². The number of thiazole rings is 1. The van der Waals surface area contributed by atoms with E-state index >= 15 is 0 Å². The highest BCUT2D eigenvalue weighted by Crippen LogP contribution is 2.22. The molecule has 1 aromatic heterocycles. The molecule has 156 valence electrons. The van der Waals surface area contributed by atoms with Crippen LogP contribution in [-0.4, -0.2) is 23.2 Å². The van der Waals surface area contributed by atoms with Gasteiger partial charge in [-0.25, -0.2) is 9.78 Å². The summed E-state index contributed by atoms with van der Waals surface area (Å²) < 4.78 is 0. The van der Waals surface area contributed by atoms with Crippen LogP contribution in [0.1, 0.15) is 25.9 Å². The highest BCUT2D eigenvalue weighted by molar-refractivity contribution is 7.98. The number of aromatic nitrogens is 1. The van der Waals surface area contributed by atoms with E-state index in [1.54, 1.807) is 11.8 Å². The predicted octanol–water partition coefficient (Wildman–Crippen LogP) is 4.72. The Hall–Kier alpha value is -2.55. The standard InChI is InChI=1S/C21H21ClN4O2S2/c1-29-16-8-6-15(7-9-16)25-21(28)24-12-18-26-19(20(23)27)17(30-18)10-5-13-3-2-4-14(22)11-13/h2-4,6-9,11H,5,10,12H2,1H3,(H2,23,27)(H2,24,25,28). The molecule has 2 aromatic carbocycles. The van der Waals surface area contributed by atoms with Gasteiger partial charge in [-0.2, -0.15) is 0 Å². The molecule has 6 nitrogen and oxygen atoms in total. The molecule has 4 N–H and O–H groups in total. The third-order valence-corrected chi connectivity index (χ3v) is 6.35. The molecule has 0 radical (unpaired) electrons. The number of anilines is 1. The highest BCUT2D eigenvalue weighted by atomic mass is 35.5. The van der Waals surface area contributed by atoms with Crippen LogP contribution in [-0.2, 0) is 19.4 Å². The lowest BCUT2D eigenvalue weighted by Gasteiger charge is -2.06. The monoisotopic (exact) mass is 460 g/mol. The molecule has 0 bridgehead atoms. The fourth-order valence-corrected chi connectivity index (χ4v) is 4.43. The minimum Gasteiger partial charge on any atom is -0.364 e. The van der Waals surface area contributed by atoms with E-state index in [1.807, 2.05) is 54.8 Å². The molecule has 0 aliphatic carbocycles. The van der Waals surface area contributed by atoms with Crippen LogP contribution in [0.3, 0.4) is 0 Å². The van der Waals surface area contributed by atoms with Crippen LogP contribution in [0.4, 0.5) is 10.5 Å². The molecule has 30 heavy (non-hydrogen) atoms. The number of amides is 3. The smallest absolute Gasteiger partial charge is 0.319 e. The molecule has 0 atom stereocenters. The van der Waals surface area contributed by atoms with E-state index < -0.39 is 5.91 Å². The summed E-state index contributed by atoms with van der Waals surface area (Å²) in [6, 6.07) is 14.8. The first-order chi connectivity index (χ1) is 14.4. The van der Waals surface area contributed by atoms with Gasteiger partial charge in [-0.3, -0.25) is 4.79 Å². The number of carbonyl (C=O) groups is 2. The first-order valence-electron chi connectivity index (χ1n) is 9.16. The summed E-state index contributed by atoms with van der Waals surface area (Å²) in [6.07, 6.45) is 3.32. The van der Waals surface area contributed by atoms with Gasteiger partial charge in [0.1, 0.15) is 10.7 Å². The third-order valence-electron chi connectivity index (χ3n) is 4.25. The molecule has 3 rings (SSSR count). The molecule has 0 saturated carbocycles.